The molecule has 0 aromatic heterocycles. The lowest BCUT2D eigenvalue weighted by molar-refractivity contribution is 0.0598. The van der Waals surface area contributed by atoms with Gasteiger partial charge in [0, 0.05) is 6.04 Å². The third-order valence-corrected chi connectivity index (χ3v) is 3.82. The molecular weight excluding hydrogens is 420 g/mol. The van der Waals surface area contributed by atoms with E-state index >= 15 is 0 Å². The molecule has 0 amide bonds. The fourth-order valence-electron chi connectivity index (χ4n) is 1.18. The van der Waals surface area contributed by atoms with Gasteiger partial charge in [-0.1, -0.05) is 0 Å². The minimum absolute atomic E-state index is 0.124. The number of carbonyl (C=O) groups excluding carboxylic acids is 1. The molecule has 7 heteroatoms. The van der Waals surface area contributed by atoms with Gasteiger partial charge in [-0.2, -0.15) is 0 Å². The summed E-state index contributed by atoms with van der Waals surface area (Å²) in [4.78, 5) is 11.5. The van der Waals surface area contributed by atoms with Crippen LogP contribution in [0.2, 0.25) is 0 Å². The molecule has 2 N–H and O–H groups in total. The van der Waals surface area contributed by atoms with Crippen molar-refractivity contribution in [1.82, 2.24) is 0 Å². The highest BCUT2D eigenvalue weighted by Gasteiger charge is 2.21. The van der Waals surface area contributed by atoms with Crippen LogP contribution in [0.1, 0.15) is 17.3 Å². The van der Waals surface area contributed by atoms with Crippen LogP contribution < -0.4 is 10.5 Å². The van der Waals surface area contributed by atoms with Gasteiger partial charge in [-0.3, -0.25) is 0 Å². The molecule has 18 heavy (non-hydrogen) atoms. The number of carbonyl (C=O) groups is 1. The standard InChI is InChI=1S/C11H12BrFINO3/c1-5(15)4-18-10-8(12)7(13)3-6(9(10)14)11(16)17-2/h3,5H,4,15H2,1-2H3/t5-/m0/s1. The largest absolute Gasteiger partial charge is 0.490 e. The summed E-state index contributed by atoms with van der Waals surface area (Å²) in [5, 5.41) is 0. The maximum absolute atomic E-state index is 13.7. The van der Waals surface area contributed by atoms with Crippen LogP contribution in [0.3, 0.4) is 0 Å². The average molecular weight is 432 g/mol. The Morgan fingerprint density at radius 2 is 2.28 bits per heavy atom. The van der Waals surface area contributed by atoms with Gasteiger partial charge in [-0.15, -0.1) is 0 Å². The van der Waals surface area contributed by atoms with E-state index in [1.54, 1.807) is 6.92 Å². The van der Waals surface area contributed by atoms with Crippen LogP contribution in [0.4, 0.5) is 4.39 Å². The first-order valence-electron chi connectivity index (χ1n) is 5.02. The molecule has 100 valence electrons. The molecule has 0 aliphatic carbocycles. The number of hydrogen-bond donors (Lipinski definition) is 1. The second-order valence-corrected chi connectivity index (χ2v) is 5.51. The third kappa shape index (κ3) is 3.55. The molecule has 0 bridgehead atoms. The number of rotatable bonds is 4. The summed E-state index contributed by atoms with van der Waals surface area (Å²) >= 11 is 4.99. The van der Waals surface area contributed by atoms with Crippen LogP contribution in [-0.4, -0.2) is 25.7 Å². The summed E-state index contributed by atoms with van der Waals surface area (Å²) < 4.78 is 24.3. The maximum Gasteiger partial charge on any atom is 0.339 e. The maximum atomic E-state index is 13.7. The Hall–Kier alpha value is -0.410. The zero-order valence-electron chi connectivity index (χ0n) is 9.80. The topological polar surface area (TPSA) is 61.5 Å². The summed E-state index contributed by atoms with van der Waals surface area (Å²) in [5.41, 5.74) is 5.70. The first kappa shape index (κ1) is 15.6. The van der Waals surface area contributed by atoms with Crippen LogP contribution in [0.25, 0.3) is 0 Å². The van der Waals surface area contributed by atoms with Crippen molar-refractivity contribution in [3.63, 3.8) is 0 Å². The smallest absolute Gasteiger partial charge is 0.339 e. The van der Waals surface area contributed by atoms with Crippen molar-refractivity contribution in [1.29, 1.82) is 0 Å². The Morgan fingerprint density at radius 3 is 2.78 bits per heavy atom. The molecule has 0 heterocycles. The van der Waals surface area contributed by atoms with Crippen molar-refractivity contribution >= 4 is 44.5 Å². The predicted octanol–water partition coefficient (Wildman–Crippen LogP) is 2.71. The van der Waals surface area contributed by atoms with Gasteiger partial charge in [-0.25, -0.2) is 9.18 Å². The highest BCUT2D eigenvalue weighted by molar-refractivity contribution is 14.1. The number of halogens is 3. The van der Waals surface area contributed by atoms with Crippen molar-refractivity contribution < 1.29 is 18.7 Å². The summed E-state index contributed by atoms with van der Waals surface area (Å²) in [6, 6.07) is 0.911. The lowest BCUT2D eigenvalue weighted by Gasteiger charge is -2.14. The second-order valence-electron chi connectivity index (χ2n) is 3.64. The molecule has 0 spiro atoms. The van der Waals surface area contributed by atoms with Gasteiger partial charge in [0.25, 0.3) is 0 Å². The van der Waals surface area contributed by atoms with Crippen molar-refractivity contribution in [2.75, 3.05) is 13.7 Å². The summed E-state index contributed by atoms with van der Waals surface area (Å²) in [6.45, 7) is 1.99. The Balaban J connectivity index is 3.22. The van der Waals surface area contributed by atoms with Crippen LogP contribution >= 0.6 is 38.5 Å². The molecule has 0 saturated heterocycles. The highest BCUT2D eigenvalue weighted by Crippen LogP contribution is 2.35. The van der Waals surface area contributed by atoms with Gasteiger partial charge in [0.05, 0.1) is 20.7 Å². The van der Waals surface area contributed by atoms with E-state index < -0.39 is 11.8 Å². The van der Waals surface area contributed by atoms with Crippen molar-refractivity contribution in [3.05, 3.63) is 25.5 Å². The van der Waals surface area contributed by atoms with Gasteiger partial charge in [0.1, 0.15) is 12.4 Å². The van der Waals surface area contributed by atoms with Gasteiger partial charge in [-0.05, 0) is 51.5 Å². The summed E-state index contributed by atoms with van der Waals surface area (Å²) in [6.07, 6.45) is 0. The Morgan fingerprint density at radius 1 is 1.67 bits per heavy atom. The highest BCUT2D eigenvalue weighted by atomic mass is 127. The van der Waals surface area contributed by atoms with E-state index in [1.807, 2.05) is 22.6 Å². The van der Waals surface area contributed by atoms with Crippen molar-refractivity contribution in [2.45, 2.75) is 13.0 Å². The molecular formula is C11H12BrFINO3. The number of methoxy groups -OCH3 is 1. The Kier molecular flexibility index (Phi) is 5.80. The minimum Gasteiger partial charge on any atom is -0.490 e. The van der Waals surface area contributed by atoms with E-state index in [-0.39, 0.29) is 28.4 Å². The van der Waals surface area contributed by atoms with E-state index in [0.717, 1.165) is 6.07 Å². The SMILES string of the molecule is COC(=O)c1cc(F)c(Br)c(OC[C@H](C)N)c1I. The molecule has 0 aliphatic rings. The predicted molar refractivity (Wildman–Crippen MR) is 77.3 cm³/mol. The zero-order chi connectivity index (χ0) is 13.9. The number of nitrogens with two attached hydrogens (primary N) is 1. The first-order valence-corrected chi connectivity index (χ1v) is 6.89. The van der Waals surface area contributed by atoms with Gasteiger partial charge < -0.3 is 15.2 Å². The van der Waals surface area contributed by atoms with Crippen LogP contribution in [0.5, 0.6) is 5.75 Å². The molecule has 0 saturated carbocycles. The zero-order valence-corrected chi connectivity index (χ0v) is 13.5. The first-order chi connectivity index (χ1) is 8.38. The van der Waals surface area contributed by atoms with Crippen LogP contribution in [-0.2, 0) is 4.74 Å². The monoisotopic (exact) mass is 431 g/mol. The van der Waals surface area contributed by atoms with E-state index in [9.17, 15) is 9.18 Å². The Bertz CT molecular complexity index is 468. The quantitative estimate of drug-likeness (QED) is 0.452. The number of esters is 1. The average Bonchev–Trinajstić information content (AvgIpc) is 2.32. The molecule has 0 unspecified atom stereocenters. The molecule has 1 atom stereocenters. The molecule has 1 rings (SSSR count). The number of hydrogen-bond acceptors (Lipinski definition) is 4. The molecule has 0 aliphatic heterocycles. The van der Waals surface area contributed by atoms with Gasteiger partial charge >= 0.3 is 5.97 Å². The lowest BCUT2D eigenvalue weighted by atomic mass is 10.2. The van der Waals surface area contributed by atoms with Gasteiger partial charge in [0.2, 0.25) is 0 Å². The van der Waals surface area contributed by atoms with E-state index in [0.29, 0.717) is 3.57 Å². The van der Waals surface area contributed by atoms with Crippen molar-refractivity contribution in [3.8, 4) is 5.75 Å². The normalized spacial score (nSPS) is 12.1. The number of benzene rings is 1. The Labute approximate surface area is 126 Å². The molecule has 1 aromatic carbocycles. The second kappa shape index (κ2) is 6.67. The lowest BCUT2D eigenvalue weighted by Crippen LogP contribution is -2.24. The van der Waals surface area contributed by atoms with Crippen LogP contribution in [0.15, 0.2) is 10.5 Å². The van der Waals surface area contributed by atoms with Gasteiger partial charge in [0.15, 0.2) is 5.75 Å². The summed E-state index contributed by atoms with van der Waals surface area (Å²) in [7, 11) is 1.24. The fraction of sp³-hybridized carbons (Fsp3) is 0.364. The summed E-state index contributed by atoms with van der Waals surface area (Å²) in [5.74, 6) is -0.944. The van der Waals surface area contributed by atoms with E-state index in [4.69, 9.17) is 10.5 Å². The molecule has 0 radical (unpaired) electrons. The van der Waals surface area contributed by atoms with E-state index in [1.165, 1.54) is 7.11 Å². The minimum atomic E-state index is -0.614. The van der Waals surface area contributed by atoms with Crippen molar-refractivity contribution in [2.24, 2.45) is 5.73 Å². The molecule has 0 fully saturated rings. The fourth-order valence-corrected chi connectivity index (χ4v) is 2.78. The molecule has 1 aromatic rings. The van der Waals surface area contributed by atoms with E-state index in [2.05, 4.69) is 20.7 Å². The number of ether oxygens (including phenoxy) is 2. The van der Waals surface area contributed by atoms with Crippen LogP contribution in [0, 0.1) is 9.39 Å². The molecule has 4 nitrogen and oxygen atoms in total. The third-order valence-electron chi connectivity index (χ3n) is 2.01.